The van der Waals surface area contributed by atoms with Gasteiger partial charge in [-0.3, -0.25) is 9.59 Å². The molecule has 1 saturated carbocycles. The summed E-state index contributed by atoms with van der Waals surface area (Å²) < 4.78 is 16.0. The van der Waals surface area contributed by atoms with E-state index in [1.165, 1.54) is 0 Å². The maximum absolute atomic E-state index is 13.2. The molecule has 1 aliphatic carbocycles. The molecule has 1 atom stereocenters. The van der Waals surface area contributed by atoms with Gasteiger partial charge in [0, 0.05) is 11.6 Å². The number of carbonyl (C=O) groups excluding carboxylic acids is 2. The molecule has 1 saturated heterocycles. The smallest absolute Gasteiger partial charge is 0.295 e. The number of nitrogens with zero attached hydrogens (tertiary/aromatic N) is 1. The average molecular weight is 435 g/mol. The van der Waals surface area contributed by atoms with Gasteiger partial charge in [0.05, 0.1) is 18.7 Å². The first-order chi connectivity index (χ1) is 15.6. The Morgan fingerprint density at radius 3 is 2.44 bits per heavy atom. The Hall–Kier alpha value is -3.48. The minimum absolute atomic E-state index is 0.0330. The van der Waals surface area contributed by atoms with Crippen molar-refractivity contribution in [1.29, 1.82) is 0 Å². The van der Waals surface area contributed by atoms with E-state index < -0.39 is 17.7 Å². The predicted octanol–water partition coefficient (Wildman–Crippen LogP) is 4.18. The Morgan fingerprint density at radius 2 is 1.72 bits per heavy atom. The number of hydrogen-bond donors (Lipinski definition) is 1. The van der Waals surface area contributed by atoms with E-state index >= 15 is 0 Å². The summed E-state index contributed by atoms with van der Waals surface area (Å²) in [6, 6.07) is 11.6. The molecule has 2 aromatic rings. The number of Topliss-reactive ketones (excluding diaryl/α,β-unsaturated/α-hetero) is 1. The van der Waals surface area contributed by atoms with Crippen LogP contribution in [-0.4, -0.2) is 41.6 Å². The first-order valence-corrected chi connectivity index (χ1v) is 10.9. The van der Waals surface area contributed by atoms with Crippen LogP contribution in [0.25, 0.3) is 5.76 Å². The molecule has 7 heteroatoms. The summed E-state index contributed by atoms with van der Waals surface area (Å²) in [5.74, 6) is 0.332. The van der Waals surface area contributed by atoms with Gasteiger partial charge in [0.1, 0.15) is 11.5 Å². The van der Waals surface area contributed by atoms with Crippen LogP contribution in [0.2, 0.25) is 0 Å². The van der Waals surface area contributed by atoms with E-state index in [4.69, 9.17) is 14.2 Å². The van der Waals surface area contributed by atoms with Crippen LogP contribution in [0.4, 0.5) is 0 Å². The van der Waals surface area contributed by atoms with Crippen molar-refractivity contribution in [3.63, 3.8) is 0 Å². The van der Waals surface area contributed by atoms with E-state index in [1.54, 1.807) is 42.3 Å². The van der Waals surface area contributed by atoms with Gasteiger partial charge in [-0.1, -0.05) is 31.4 Å². The third kappa shape index (κ3) is 3.38. The van der Waals surface area contributed by atoms with Gasteiger partial charge in [-0.15, -0.1) is 0 Å². The Labute approximate surface area is 186 Å². The summed E-state index contributed by atoms with van der Waals surface area (Å²) in [4.78, 5) is 28.1. The molecule has 2 heterocycles. The summed E-state index contributed by atoms with van der Waals surface area (Å²) >= 11 is 0. The van der Waals surface area contributed by atoms with Crippen molar-refractivity contribution in [1.82, 2.24) is 4.90 Å². The number of benzene rings is 2. The molecule has 0 radical (unpaired) electrons. The zero-order chi connectivity index (χ0) is 22.2. The van der Waals surface area contributed by atoms with Crippen LogP contribution in [0, 0.1) is 0 Å². The number of methoxy groups -OCH3 is 1. The molecule has 1 amide bonds. The predicted molar refractivity (Wildman–Crippen MR) is 117 cm³/mol. The maximum atomic E-state index is 13.2. The van der Waals surface area contributed by atoms with Crippen LogP contribution >= 0.6 is 0 Å². The number of ketones is 1. The van der Waals surface area contributed by atoms with Crippen LogP contribution in [-0.2, 0) is 9.59 Å². The van der Waals surface area contributed by atoms with Gasteiger partial charge in [-0.25, -0.2) is 0 Å². The van der Waals surface area contributed by atoms with Crippen LogP contribution in [0.1, 0.15) is 49.3 Å². The largest absolute Gasteiger partial charge is 0.507 e. The molecule has 1 N–H and O–H groups in total. The highest BCUT2D eigenvalue weighted by Crippen LogP contribution is 2.44. The third-order valence-electron chi connectivity index (χ3n) is 6.53. The summed E-state index contributed by atoms with van der Waals surface area (Å²) in [5.41, 5.74) is 1.27. The van der Waals surface area contributed by atoms with Crippen molar-refractivity contribution in [2.45, 2.75) is 44.2 Å². The Balaban J connectivity index is 1.63. The lowest BCUT2D eigenvalue weighted by molar-refractivity contribution is -0.141. The molecule has 2 fully saturated rings. The van der Waals surface area contributed by atoms with Gasteiger partial charge in [-0.2, -0.15) is 0 Å². The second kappa shape index (κ2) is 8.22. The molecule has 2 aromatic carbocycles. The molecule has 2 aliphatic heterocycles. The molecule has 5 rings (SSSR count). The molecule has 0 bridgehead atoms. The molecule has 3 aliphatic rings. The second-order valence-electron chi connectivity index (χ2n) is 8.34. The number of carbonyl (C=O) groups is 2. The van der Waals surface area contributed by atoms with Gasteiger partial charge in [0.25, 0.3) is 11.7 Å². The molecule has 1 unspecified atom stereocenters. The highest BCUT2D eigenvalue weighted by molar-refractivity contribution is 6.46. The highest BCUT2D eigenvalue weighted by Gasteiger charge is 2.48. The quantitative estimate of drug-likeness (QED) is 0.441. The van der Waals surface area contributed by atoms with E-state index in [2.05, 4.69) is 0 Å². The topological polar surface area (TPSA) is 85.3 Å². The minimum Gasteiger partial charge on any atom is -0.507 e. The number of fused-ring (bicyclic) bond motifs is 1. The minimum atomic E-state index is -0.661. The standard InChI is InChI=1S/C25H25NO6/c1-30-18-10-7-15(8-11-18)22-21(23(27)16-9-12-19-20(13-16)32-14-31-19)24(28)25(29)26(22)17-5-3-2-4-6-17/h7-13,17,22,27H,2-6,14H2,1H3/b23-21-. The van der Waals surface area contributed by atoms with Crippen molar-refractivity contribution in [2.24, 2.45) is 0 Å². The van der Waals surface area contributed by atoms with E-state index in [1.807, 2.05) is 12.1 Å². The average Bonchev–Trinajstić information content (AvgIpc) is 3.41. The van der Waals surface area contributed by atoms with Gasteiger partial charge >= 0.3 is 0 Å². The van der Waals surface area contributed by atoms with Crippen LogP contribution < -0.4 is 14.2 Å². The number of amides is 1. The highest BCUT2D eigenvalue weighted by atomic mass is 16.7. The number of likely N-dealkylation sites (tertiary alicyclic amines) is 1. The van der Waals surface area contributed by atoms with Gasteiger partial charge in [0.15, 0.2) is 11.5 Å². The molecule has 32 heavy (non-hydrogen) atoms. The van der Waals surface area contributed by atoms with E-state index in [9.17, 15) is 14.7 Å². The molecule has 0 aromatic heterocycles. The van der Waals surface area contributed by atoms with Gasteiger partial charge in [-0.05, 0) is 48.7 Å². The molecular weight excluding hydrogens is 410 g/mol. The lowest BCUT2D eigenvalue weighted by atomic mass is 9.91. The Morgan fingerprint density at radius 1 is 1.00 bits per heavy atom. The summed E-state index contributed by atoms with van der Waals surface area (Å²) in [6.07, 6.45) is 4.87. The fourth-order valence-corrected chi connectivity index (χ4v) is 4.90. The zero-order valence-corrected chi connectivity index (χ0v) is 17.9. The second-order valence-corrected chi connectivity index (χ2v) is 8.34. The van der Waals surface area contributed by atoms with Crippen molar-refractivity contribution in [3.05, 3.63) is 59.2 Å². The maximum Gasteiger partial charge on any atom is 0.295 e. The lowest BCUT2D eigenvalue weighted by Gasteiger charge is -2.35. The molecular formula is C25H25NO6. The van der Waals surface area contributed by atoms with Crippen molar-refractivity contribution in [3.8, 4) is 17.2 Å². The van der Waals surface area contributed by atoms with E-state index in [0.717, 1.165) is 37.7 Å². The summed E-state index contributed by atoms with van der Waals surface area (Å²) in [6.45, 7) is 0.109. The number of ether oxygens (including phenoxy) is 3. The van der Waals surface area contributed by atoms with Crippen LogP contribution in [0.15, 0.2) is 48.0 Å². The van der Waals surface area contributed by atoms with Gasteiger partial charge in [0.2, 0.25) is 6.79 Å². The number of aliphatic hydroxyl groups excluding tert-OH is 1. The molecule has 166 valence electrons. The Kier molecular flexibility index (Phi) is 5.25. The summed E-state index contributed by atoms with van der Waals surface area (Å²) in [5, 5.41) is 11.2. The lowest BCUT2D eigenvalue weighted by Crippen LogP contribution is -2.40. The SMILES string of the molecule is COc1ccc(C2/C(=C(/O)c3ccc4c(c3)OCO4)C(=O)C(=O)N2C2CCCCC2)cc1. The number of hydrogen-bond acceptors (Lipinski definition) is 6. The van der Waals surface area contributed by atoms with Gasteiger partial charge < -0.3 is 24.2 Å². The molecule has 7 nitrogen and oxygen atoms in total. The number of aliphatic hydroxyl groups is 1. The van der Waals surface area contributed by atoms with Crippen molar-refractivity contribution < 1.29 is 28.9 Å². The fourth-order valence-electron chi connectivity index (χ4n) is 4.90. The fraction of sp³-hybridized carbons (Fsp3) is 0.360. The van der Waals surface area contributed by atoms with Crippen molar-refractivity contribution >= 4 is 17.4 Å². The third-order valence-corrected chi connectivity index (χ3v) is 6.53. The first kappa shape index (κ1) is 20.4. The number of rotatable bonds is 4. The normalized spacial score (nSPS) is 22.4. The van der Waals surface area contributed by atoms with Crippen molar-refractivity contribution in [2.75, 3.05) is 13.9 Å². The van der Waals surface area contributed by atoms with E-state index in [-0.39, 0.29) is 24.2 Å². The van der Waals surface area contributed by atoms with E-state index in [0.29, 0.717) is 22.8 Å². The summed E-state index contributed by atoms with van der Waals surface area (Å²) in [7, 11) is 1.59. The molecule has 0 spiro atoms. The van der Waals surface area contributed by atoms with Crippen LogP contribution in [0.5, 0.6) is 17.2 Å². The zero-order valence-electron chi connectivity index (χ0n) is 17.9. The van der Waals surface area contributed by atoms with Crippen LogP contribution in [0.3, 0.4) is 0 Å². The monoisotopic (exact) mass is 435 g/mol. The Bertz CT molecular complexity index is 1080. The first-order valence-electron chi connectivity index (χ1n) is 10.9.